The molecule has 0 amide bonds. The Morgan fingerprint density at radius 2 is 0.904 bits per heavy atom. The van der Waals surface area contributed by atoms with E-state index in [4.69, 9.17) is 4.42 Å². The molecule has 0 aliphatic rings. The Kier molecular flexibility index (Phi) is 6.28. The van der Waals surface area contributed by atoms with Crippen molar-refractivity contribution in [3.8, 4) is 11.1 Å². The fourth-order valence-electron chi connectivity index (χ4n) is 8.40. The van der Waals surface area contributed by atoms with Gasteiger partial charge < -0.3 is 9.32 Å². The summed E-state index contributed by atoms with van der Waals surface area (Å²) in [5, 5.41) is 14.8. The first-order chi connectivity index (χ1) is 25.8. The topological polar surface area (TPSA) is 16.4 Å². The zero-order chi connectivity index (χ0) is 34.2. The summed E-state index contributed by atoms with van der Waals surface area (Å²) in [6.45, 7) is 0. The van der Waals surface area contributed by atoms with Crippen LogP contribution in [0.1, 0.15) is 0 Å². The first-order valence-electron chi connectivity index (χ1n) is 17.8. The van der Waals surface area contributed by atoms with Crippen LogP contribution in [0, 0.1) is 0 Å². The van der Waals surface area contributed by atoms with E-state index in [2.05, 4.69) is 181 Å². The van der Waals surface area contributed by atoms with Crippen LogP contribution in [0.5, 0.6) is 0 Å². The molecular formula is C50H31NO. The molecule has 0 radical (unpaired) electrons. The molecule has 11 aromatic rings. The van der Waals surface area contributed by atoms with Crippen LogP contribution in [-0.4, -0.2) is 0 Å². The first-order valence-corrected chi connectivity index (χ1v) is 17.8. The zero-order valence-electron chi connectivity index (χ0n) is 28.3. The summed E-state index contributed by atoms with van der Waals surface area (Å²) in [6, 6.07) is 68.2. The molecule has 0 aliphatic heterocycles. The number of rotatable bonds is 4. The Bertz CT molecular complexity index is 3180. The van der Waals surface area contributed by atoms with Gasteiger partial charge >= 0.3 is 0 Å². The summed E-state index contributed by atoms with van der Waals surface area (Å²) >= 11 is 0. The van der Waals surface area contributed by atoms with E-state index in [9.17, 15) is 0 Å². The van der Waals surface area contributed by atoms with E-state index in [1.54, 1.807) is 0 Å². The Morgan fingerprint density at radius 3 is 1.73 bits per heavy atom. The molecule has 0 aliphatic carbocycles. The van der Waals surface area contributed by atoms with Crippen molar-refractivity contribution in [2.24, 2.45) is 0 Å². The summed E-state index contributed by atoms with van der Waals surface area (Å²) in [6.07, 6.45) is 0. The molecule has 1 aromatic heterocycles. The van der Waals surface area contributed by atoms with Gasteiger partial charge in [0.1, 0.15) is 11.2 Å². The second kappa shape index (κ2) is 11.3. The highest BCUT2D eigenvalue weighted by Crippen LogP contribution is 2.45. The number of benzene rings is 10. The van der Waals surface area contributed by atoms with Crippen LogP contribution in [0.4, 0.5) is 17.1 Å². The quantitative estimate of drug-likeness (QED) is 0.175. The van der Waals surface area contributed by atoms with Gasteiger partial charge in [0.25, 0.3) is 0 Å². The Morgan fingerprint density at radius 1 is 0.327 bits per heavy atom. The minimum absolute atomic E-state index is 0.887. The van der Waals surface area contributed by atoms with Crippen LogP contribution in [0.15, 0.2) is 192 Å². The minimum Gasteiger partial charge on any atom is -0.456 e. The van der Waals surface area contributed by atoms with Crippen LogP contribution >= 0.6 is 0 Å². The van der Waals surface area contributed by atoms with Crippen LogP contribution in [0.2, 0.25) is 0 Å². The normalized spacial score (nSPS) is 11.8. The fourth-order valence-corrected chi connectivity index (χ4v) is 8.40. The van der Waals surface area contributed by atoms with Crippen molar-refractivity contribution in [1.29, 1.82) is 0 Å². The van der Waals surface area contributed by atoms with Crippen LogP contribution in [0.3, 0.4) is 0 Å². The molecule has 0 atom stereocenters. The molecule has 2 heteroatoms. The standard InChI is InChI=1S/C50H31NO/c1-3-12-39-32(9-1)11-7-15-40(39)34-23-26-37(27-24-34)51(38-28-30-48-45(31-38)43-14-5-6-18-47(43)52-48)46-17-8-16-44-42(46)29-25-36-22-21-35-20-19-33-10-2-4-13-41(33)49(35)50(36)44/h1-31H. The van der Waals surface area contributed by atoms with Crippen molar-refractivity contribution in [1.82, 2.24) is 0 Å². The highest BCUT2D eigenvalue weighted by Gasteiger charge is 2.19. The van der Waals surface area contributed by atoms with Gasteiger partial charge in [-0.3, -0.25) is 0 Å². The lowest BCUT2D eigenvalue weighted by Crippen LogP contribution is -2.10. The third kappa shape index (κ3) is 4.38. The van der Waals surface area contributed by atoms with Crippen molar-refractivity contribution in [2.45, 2.75) is 0 Å². The summed E-state index contributed by atoms with van der Waals surface area (Å²) < 4.78 is 6.27. The molecule has 52 heavy (non-hydrogen) atoms. The number of anilines is 3. The average molecular weight is 662 g/mol. The van der Waals surface area contributed by atoms with E-state index >= 15 is 0 Å². The number of hydrogen-bond donors (Lipinski definition) is 0. The predicted octanol–water partition coefficient (Wildman–Crippen LogP) is 14.5. The smallest absolute Gasteiger partial charge is 0.135 e. The molecule has 0 unspecified atom stereocenters. The van der Waals surface area contributed by atoms with Crippen molar-refractivity contribution in [3.63, 3.8) is 0 Å². The number of fused-ring (bicyclic) bond motifs is 11. The first kappa shape index (κ1) is 28.9. The van der Waals surface area contributed by atoms with E-state index in [-0.39, 0.29) is 0 Å². The number of furan rings is 1. The molecule has 0 spiro atoms. The van der Waals surface area contributed by atoms with Crippen molar-refractivity contribution >= 4 is 92.9 Å². The fraction of sp³-hybridized carbons (Fsp3) is 0. The Labute approximate surface area is 300 Å². The summed E-state index contributed by atoms with van der Waals surface area (Å²) in [4.78, 5) is 2.41. The lowest BCUT2D eigenvalue weighted by molar-refractivity contribution is 0.669. The molecule has 2 nitrogen and oxygen atoms in total. The van der Waals surface area contributed by atoms with E-state index in [1.165, 1.54) is 65.0 Å². The van der Waals surface area contributed by atoms with Gasteiger partial charge in [-0.2, -0.15) is 0 Å². The largest absolute Gasteiger partial charge is 0.456 e. The van der Waals surface area contributed by atoms with E-state index in [1.807, 2.05) is 12.1 Å². The van der Waals surface area contributed by atoms with Crippen molar-refractivity contribution in [2.75, 3.05) is 4.90 Å². The maximum atomic E-state index is 6.27. The minimum atomic E-state index is 0.887. The monoisotopic (exact) mass is 661 g/mol. The predicted molar refractivity (Wildman–Crippen MR) is 221 cm³/mol. The van der Waals surface area contributed by atoms with Crippen LogP contribution in [-0.2, 0) is 0 Å². The molecular weight excluding hydrogens is 631 g/mol. The maximum Gasteiger partial charge on any atom is 0.135 e. The molecule has 242 valence electrons. The van der Waals surface area contributed by atoms with E-state index in [0.29, 0.717) is 0 Å². The summed E-state index contributed by atoms with van der Waals surface area (Å²) in [7, 11) is 0. The molecule has 0 N–H and O–H groups in total. The summed E-state index contributed by atoms with van der Waals surface area (Å²) in [5.41, 5.74) is 7.51. The lowest BCUT2D eigenvalue weighted by Gasteiger charge is -2.27. The van der Waals surface area contributed by atoms with Crippen LogP contribution in [0.25, 0.3) is 86.9 Å². The van der Waals surface area contributed by atoms with Gasteiger partial charge in [0, 0.05) is 27.5 Å². The Balaban J connectivity index is 1.17. The van der Waals surface area contributed by atoms with Gasteiger partial charge in [0.15, 0.2) is 0 Å². The molecule has 0 bridgehead atoms. The highest BCUT2D eigenvalue weighted by atomic mass is 16.3. The van der Waals surface area contributed by atoms with E-state index in [0.717, 1.165) is 39.0 Å². The SMILES string of the molecule is c1ccc2c(-c3ccc(N(c4ccc5oc6ccccc6c5c4)c4cccc5c4ccc4ccc6ccc7ccccc7c6c45)cc3)cccc2c1. The van der Waals surface area contributed by atoms with Gasteiger partial charge in [-0.1, -0.05) is 146 Å². The lowest BCUT2D eigenvalue weighted by atomic mass is 9.92. The molecule has 11 rings (SSSR count). The third-order valence-electron chi connectivity index (χ3n) is 10.8. The second-order valence-corrected chi connectivity index (χ2v) is 13.7. The highest BCUT2D eigenvalue weighted by molar-refractivity contribution is 6.28. The number of nitrogens with zero attached hydrogens (tertiary/aromatic N) is 1. The third-order valence-corrected chi connectivity index (χ3v) is 10.8. The molecule has 0 saturated heterocycles. The van der Waals surface area contributed by atoms with Gasteiger partial charge in [-0.25, -0.2) is 0 Å². The zero-order valence-corrected chi connectivity index (χ0v) is 28.3. The molecule has 10 aromatic carbocycles. The average Bonchev–Trinajstić information content (AvgIpc) is 3.59. The van der Waals surface area contributed by atoms with Gasteiger partial charge in [0.2, 0.25) is 0 Å². The molecule has 0 fully saturated rings. The van der Waals surface area contributed by atoms with Gasteiger partial charge in [0.05, 0.1) is 5.69 Å². The number of para-hydroxylation sites is 1. The molecule has 0 saturated carbocycles. The second-order valence-electron chi connectivity index (χ2n) is 13.7. The Hall–Kier alpha value is -6.90. The van der Waals surface area contributed by atoms with Gasteiger partial charge in [-0.05, 0) is 102 Å². The number of hydrogen-bond acceptors (Lipinski definition) is 2. The molecule has 1 heterocycles. The summed E-state index contributed by atoms with van der Waals surface area (Å²) in [5.74, 6) is 0. The maximum absolute atomic E-state index is 6.27. The van der Waals surface area contributed by atoms with Crippen molar-refractivity contribution < 1.29 is 4.42 Å². The van der Waals surface area contributed by atoms with E-state index < -0.39 is 0 Å². The van der Waals surface area contributed by atoms with Gasteiger partial charge in [-0.15, -0.1) is 0 Å². The van der Waals surface area contributed by atoms with Crippen LogP contribution < -0.4 is 4.90 Å². The van der Waals surface area contributed by atoms with Crippen molar-refractivity contribution in [3.05, 3.63) is 188 Å².